The largest absolute Gasteiger partial charge is 0.322 e. The fraction of sp³-hybridized carbons (Fsp3) is 0.357. The van der Waals surface area contributed by atoms with Gasteiger partial charge in [-0.25, -0.2) is 0 Å². The molecule has 2 nitrogen and oxygen atoms in total. The fourth-order valence-corrected chi connectivity index (χ4v) is 5.68. The lowest BCUT2D eigenvalue weighted by Crippen LogP contribution is -2.28. The minimum atomic E-state index is -0.351. The van der Waals surface area contributed by atoms with Crippen molar-refractivity contribution in [2.45, 2.75) is 63.8 Å². The number of nitrogens with zero attached hydrogens (tertiary/aromatic N) is 1. The molecule has 3 aromatic rings. The molecule has 0 aliphatic carbocycles. The Morgan fingerprint density at radius 1 is 0.812 bits per heavy atom. The number of unbranched alkanes of at least 4 members (excludes halogenated alkanes) is 1. The molecular weight excluding hydrogens is 428 g/mol. The zero-order valence-electron chi connectivity index (χ0n) is 20.0. The Bertz CT molecular complexity index is 956. The van der Waals surface area contributed by atoms with Gasteiger partial charge in [-0.2, -0.15) is 0 Å². The summed E-state index contributed by atoms with van der Waals surface area (Å²) in [5.41, 5.74) is 11.9. The third-order valence-corrected chi connectivity index (χ3v) is 7.99. The van der Waals surface area contributed by atoms with Gasteiger partial charge in [-0.3, -0.25) is 0 Å². The molecule has 0 atom stereocenters. The molecular formula is C28H36N2S2. The normalized spacial score (nSPS) is 11.7. The Kier molecular flexibility index (Phi) is 8.75. The summed E-state index contributed by atoms with van der Waals surface area (Å²) in [5, 5.41) is 0. The van der Waals surface area contributed by atoms with Gasteiger partial charge in [-0.1, -0.05) is 73.0 Å². The lowest BCUT2D eigenvalue weighted by Gasteiger charge is -2.27. The van der Waals surface area contributed by atoms with Crippen LogP contribution in [0.3, 0.4) is 0 Å². The summed E-state index contributed by atoms with van der Waals surface area (Å²) in [6.45, 7) is 10.8. The van der Waals surface area contributed by atoms with Gasteiger partial charge >= 0.3 is 0 Å². The summed E-state index contributed by atoms with van der Waals surface area (Å²) in [7, 11) is 3.80. The highest BCUT2D eigenvalue weighted by Gasteiger charge is 2.17. The summed E-state index contributed by atoms with van der Waals surface area (Å²) in [6.07, 6.45) is 2.52. The summed E-state index contributed by atoms with van der Waals surface area (Å²) >= 11 is 0. The lowest BCUT2D eigenvalue weighted by molar-refractivity contribution is 0.554. The van der Waals surface area contributed by atoms with E-state index in [1.165, 1.54) is 29.1 Å². The van der Waals surface area contributed by atoms with E-state index in [1.807, 2.05) is 35.4 Å². The van der Waals surface area contributed by atoms with Crippen molar-refractivity contribution in [1.82, 2.24) is 0 Å². The maximum atomic E-state index is 6.31. The number of hydrogen-bond acceptors (Lipinski definition) is 4. The van der Waals surface area contributed by atoms with E-state index in [2.05, 4.69) is 98.5 Å². The summed E-state index contributed by atoms with van der Waals surface area (Å²) < 4.78 is 0. The second-order valence-corrected chi connectivity index (χ2v) is 11.6. The first-order chi connectivity index (χ1) is 15.3. The van der Waals surface area contributed by atoms with Gasteiger partial charge in [-0.05, 0) is 85.8 Å². The van der Waals surface area contributed by atoms with Gasteiger partial charge in [0, 0.05) is 33.2 Å². The molecule has 0 radical (unpaired) electrons. The van der Waals surface area contributed by atoms with E-state index in [0.717, 1.165) is 22.6 Å². The van der Waals surface area contributed by atoms with Crippen molar-refractivity contribution in [3.8, 4) is 0 Å². The zero-order valence-corrected chi connectivity index (χ0v) is 21.6. The average molecular weight is 465 g/mol. The average Bonchev–Trinajstić information content (AvgIpc) is 2.78. The van der Waals surface area contributed by atoms with Crippen LogP contribution in [0.2, 0.25) is 0 Å². The van der Waals surface area contributed by atoms with Gasteiger partial charge in [-0.15, -0.1) is 0 Å². The molecule has 2 N–H and O–H groups in total. The first-order valence-corrected chi connectivity index (χ1v) is 13.8. The molecule has 0 saturated heterocycles. The molecule has 0 spiro atoms. The molecule has 0 unspecified atom stereocenters. The molecule has 32 heavy (non-hydrogen) atoms. The van der Waals surface area contributed by atoms with Crippen LogP contribution in [0.25, 0.3) is 0 Å². The standard InChI is InChI=1S/C28H36N2S2/c1-6-7-20-31-32-27-18-16-26(17-19-27)30(24-12-8-22(9-13-24)21(2)3)25-14-10-23(11-15-25)28(4,5)29/h8-19,21H,6-7,20,29H2,1-5H3. The van der Waals surface area contributed by atoms with Crippen molar-refractivity contribution in [2.75, 3.05) is 10.7 Å². The second kappa shape index (κ2) is 11.3. The van der Waals surface area contributed by atoms with Gasteiger partial charge in [0.2, 0.25) is 0 Å². The molecule has 0 aliphatic heterocycles. The van der Waals surface area contributed by atoms with Crippen LogP contribution in [-0.2, 0) is 5.54 Å². The molecule has 0 heterocycles. The smallest absolute Gasteiger partial charge is 0.0462 e. The molecule has 0 saturated carbocycles. The van der Waals surface area contributed by atoms with Crippen molar-refractivity contribution in [2.24, 2.45) is 5.73 Å². The minimum absolute atomic E-state index is 0.351. The third kappa shape index (κ3) is 6.57. The highest BCUT2D eigenvalue weighted by Crippen LogP contribution is 2.38. The second-order valence-electron chi connectivity index (χ2n) is 9.10. The van der Waals surface area contributed by atoms with Crippen LogP contribution in [0.15, 0.2) is 77.7 Å². The van der Waals surface area contributed by atoms with Crippen LogP contribution < -0.4 is 10.6 Å². The van der Waals surface area contributed by atoms with Crippen molar-refractivity contribution in [1.29, 1.82) is 0 Å². The molecule has 0 fully saturated rings. The highest BCUT2D eigenvalue weighted by molar-refractivity contribution is 8.76. The molecule has 0 bridgehead atoms. The van der Waals surface area contributed by atoms with Crippen molar-refractivity contribution in [3.63, 3.8) is 0 Å². The monoisotopic (exact) mass is 464 g/mol. The van der Waals surface area contributed by atoms with Crippen molar-refractivity contribution < 1.29 is 0 Å². The molecule has 3 rings (SSSR count). The third-order valence-electron chi connectivity index (χ3n) is 5.52. The van der Waals surface area contributed by atoms with E-state index in [4.69, 9.17) is 5.73 Å². The molecule has 0 aliphatic rings. The fourth-order valence-electron chi connectivity index (χ4n) is 3.46. The van der Waals surface area contributed by atoms with E-state index in [-0.39, 0.29) is 5.54 Å². The topological polar surface area (TPSA) is 29.3 Å². The molecule has 0 amide bonds. The maximum Gasteiger partial charge on any atom is 0.0462 e. The van der Waals surface area contributed by atoms with Gasteiger partial charge in [0.05, 0.1) is 0 Å². The molecule has 170 valence electrons. The lowest BCUT2D eigenvalue weighted by atomic mass is 9.95. The number of benzene rings is 3. The van der Waals surface area contributed by atoms with Crippen LogP contribution in [0, 0.1) is 0 Å². The van der Waals surface area contributed by atoms with Gasteiger partial charge in [0.25, 0.3) is 0 Å². The van der Waals surface area contributed by atoms with Crippen LogP contribution in [0.5, 0.6) is 0 Å². The maximum absolute atomic E-state index is 6.31. The first kappa shape index (κ1) is 24.8. The first-order valence-electron chi connectivity index (χ1n) is 11.5. The van der Waals surface area contributed by atoms with E-state index in [1.54, 1.807) is 0 Å². The number of nitrogens with two attached hydrogens (primary N) is 1. The summed E-state index contributed by atoms with van der Waals surface area (Å²) in [4.78, 5) is 3.61. The Morgan fingerprint density at radius 3 is 1.78 bits per heavy atom. The van der Waals surface area contributed by atoms with E-state index in [9.17, 15) is 0 Å². The predicted molar refractivity (Wildman–Crippen MR) is 146 cm³/mol. The van der Waals surface area contributed by atoms with Gasteiger partial charge in [0.1, 0.15) is 0 Å². The Balaban J connectivity index is 1.92. The number of hydrogen-bond donors (Lipinski definition) is 1. The molecule has 4 heteroatoms. The Morgan fingerprint density at radius 2 is 1.31 bits per heavy atom. The van der Waals surface area contributed by atoms with Gasteiger partial charge < -0.3 is 10.6 Å². The van der Waals surface area contributed by atoms with Crippen LogP contribution in [0.4, 0.5) is 17.1 Å². The van der Waals surface area contributed by atoms with Gasteiger partial charge in [0.15, 0.2) is 0 Å². The molecule has 3 aromatic carbocycles. The quantitative estimate of drug-likeness (QED) is 0.239. The Labute approximate surface area is 202 Å². The van der Waals surface area contributed by atoms with Crippen LogP contribution >= 0.6 is 21.6 Å². The van der Waals surface area contributed by atoms with E-state index < -0.39 is 0 Å². The summed E-state index contributed by atoms with van der Waals surface area (Å²) in [6, 6.07) is 26.4. The van der Waals surface area contributed by atoms with Crippen LogP contribution in [0.1, 0.15) is 64.5 Å². The molecule has 0 aromatic heterocycles. The Hall–Kier alpha value is -1.88. The number of anilines is 3. The zero-order chi connectivity index (χ0) is 23.1. The predicted octanol–water partition coefficient (Wildman–Crippen LogP) is 9.01. The SMILES string of the molecule is CCCCSSc1ccc(N(c2ccc(C(C)C)cc2)c2ccc(C(C)(C)N)cc2)cc1. The van der Waals surface area contributed by atoms with E-state index >= 15 is 0 Å². The summed E-state index contributed by atoms with van der Waals surface area (Å²) in [5.74, 6) is 1.71. The minimum Gasteiger partial charge on any atom is -0.322 e. The highest BCUT2D eigenvalue weighted by atomic mass is 33.1. The van der Waals surface area contributed by atoms with Crippen LogP contribution in [-0.4, -0.2) is 5.75 Å². The van der Waals surface area contributed by atoms with Crippen molar-refractivity contribution in [3.05, 3.63) is 83.9 Å². The van der Waals surface area contributed by atoms with E-state index in [0.29, 0.717) is 5.92 Å². The van der Waals surface area contributed by atoms with Crippen molar-refractivity contribution >= 4 is 38.6 Å². The number of rotatable bonds is 10.